The van der Waals surface area contributed by atoms with E-state index in [1.807, 2.05) is 13.0 Å². The van der Waals surface area contributed by atoms with Gasteiger partial charge in [0.1, 0.15) is 6.54 Å². The molecule has 1 atom stereocenters. The van der Waals surface area contributed by atoms with E-state index in [0.717, 1.165) is 16.2 Å². The summed E-state index contributed by atoms with van der Waals surface area (Å²) in [5.74, 6) is -2.22. The summed E-state index contributed by atoms with van der Waals surface area (Å²) in [5, 5.41) is 13.5. The molecule has 1 amide bonds. The topological polar surface area (TPSA) is 134 Å². The molecule has 0 aliphatic heterocycles. The molecule has 3 aromatic rings. The van der Waals surface area contributed by atoms with Crippen LogP contribution >= 0.6 is 0 Å². The average molecular weight is 399 g/mol. The average Bonchev–Trinajstić information content (AvgIpc) is 2.96. The lowest BCUT2D eigenvalue weighted by Gasteiger charge is -2.14. The number of carbonyl (C=O) groups excluding carboxylic acids is 2. The summed E-state index contributed by atoms with van der Waals surface area (Å²) < 4.78 is 11.0. The Morgan fingerprint density at radius 3 is 2.72 bits per heavy atom. The van der Waals surface area contributed by atoms with Crippen LogP contribution in [0.3, 0.4) is 0 Å². The van der Waals surface area contributed by atoms with Gasteiger partial charge in [0.2, 0.25) is 0 Å². The van der Waals surface area contributed by atoms with Crippen molar-refractivity contribution in [3.05, 3.63) is 68.7 Å². The third kappa shape index (κ3) is 4.49. The molecule has 0 saturated heterocycles. The Morgan fingerprint density at radius 2 is 2.03 bits per heavy atom. The van der Waals surface area contributed by atoms with Gasteiger partial charge in [0, 0.05) is 11.8 Å². The Labute approximate surface area is 163 Å². The van der Waals surface area contributed by atoms with E-state index in [1.165, 1.54) is 19.1 Å². The summed E-state index contributed by atoms with van der Waals surface area (Å²) in [7, 11) is 0. The number of carbonyl (C=O) groups is 2. The van der Waals surface area contributed by atoms with Crippen molar-refractivity contribution >= 4 is 34.4 Å². The number of aromatic nitrogens is 1. The van der Waals surface area contributed by atoms with Crippen LogP contribution in [0.4, 0.5) is 11.4 Å². The predicted octanol–water partition coefficient (Wildman–Crippen LogP) is 2.38. The Bertz CT molecular complexity index is 1160. The quantitative estimate of drug-likeness (QED) is 0.382. The number of nitrogens with zero attached hydrogens (tertiary/aromatic N) is 2. The number of hydrogen-bond donors (Lipinski definition) is 1. The van der Waals surface area contributed by atoms with E-state index in [0.29, 0.717) is 5.69 Å². The Hall–Kier alpha value is -3.95. The lowest BCUT2D eigenvalue weighted by atomic mass is 10.2. The Balaban J connectivity index is 1.68. The number of nitro benzene ring substituents is 1. The maximum atomic E-state index is 12.2. The molecule has 1 unspecified atom stereocenters. The van der Waals surface area contributed by atoms with E-state index in [9.17, 15) is 24.5 Å². The minimum atomic E-state index is -1.10. The molecule has 0 saturated carbocycles. The van der Waals surface area contributed by atoms with Crippen LogP contribution in [0.25, 0.3) is 11.1 Å². The Kier molecular flexibility index (Phi) is 5.44. The highest BCUT2D eigenvalue weighted by atomic mass is 16.6. The van der Waals surface area contributed by atoms with Crippen LogP contribution < -0.4 is 11.1 Å². The predicted molar refractivity (Wildman–Crippen MR) is 102 cm³/mol. The summed E-state index contributed by atoms with van der Waals surface area (Å²) in [6.07, 6.45) is -1.10. The number of benzene rings is 2. The highest BCUT2D eigenvalue weighted by Gasteiger charge is 2.21. The minimum absolute atomic E-state index is 0.0257. The molecule has 0 fully saturated rings. The summed E-state index contributed by atoms with van der Waals surface area (Å²) >= 11 is 0. The second kappa shape index (κ2) is 7.97. The minimum Gasteiger partial charge on any atom is -0.451 e. The maximum Gasteiger partial charge on any atom is 0.420 e. The third-order valence-electron chi connectivity index (χ3n) is 4.11. The van der Waals surface area contributed by atoms with E-state index in [1.54, 1.807) is 18.2 Å². The van der Waals surface area contributed by atoms with Crippen molar-refractivity contribution in [2.24, 2.45) is 0 Å². The van der Waals surface area contributed by atoms with Gasteiger partial charge in [-0.25, -0.2) is 4.79 Å². The van der Waals surface area contributed by atoms with Crippen molar-refractivity contribution in [1.29, 1.82) is 0 Å². The van der Waals surface area contributed by atoms with E-state index in [4.69, 9.17) is 9.15 Å². The molecule has 0 aliphatic carbocycles. The second-order valence-corrected chi connectivity index (χ2v) is 6.35. The van der Waals surface area contributed by atoms with Crippen LogP contribution in [0.2, 0.25) is 0 Å². The van der Waals surface area contributed by atoms with Gasteiger partial charge in [-0.15, -0.1) is 0 Å². The van der Waals surface area contributed by atoms with Crippen LogP contribution in [0.1, 0.15) is 12.5 Å². The zero-order chi connectivity index (χ0) is 21.1. The summed E-state index contributed by atoms with van der Waals surface area (Å²) in [6, 6.07) is 10.7. The first-order valence-electron chi connectivity index (χ1n) is 8.59. The van der Waals surface area contributed by atoms with E-state index < -0.39 is 35.2 Å². The summed E-state index contributed by atoms with van der Waals surface area (Å²) in [5.41, 5.74) is 1.45. The number of esters is 1. The van der Waals surface area contributed by atoms with Crippen molar-refractivity contribution in [1.82, 2.24) is 4.57 Å². The molecule has 2 aromatic carbocycles. The van der Waals surface area contributed by atoms with E-state index in [2.05, 4.69) is 5.32 Å². The van der Waals surface area contributed by atoms with Gasteiger partial charge in [-0.2, -0.15) is 0 Å². The number of aryl methyl sites for hydroxylation is 1. The molecular formula is C19H17N3O7. The van der Waals surface area contributed by atoms with Crippen LogP contribution in [0.5, 0.6) is 0 Å². The third-order valence-corrected chi connectivity index (χ3v) is 4.11. The van der Waals surface area contributed by atoms with Gasteiger partial charge in [0.25, 0.3) is 11.6 Å². The van der Waals surface area contributed by atoms with Crippen molar-refractivity contribution in [3.63, 3.8) is 0 Å². The molecule has 150 valence electrons. The normalized spacial score (nSPS) is 11.8. The van der Waals surface area contributed by atoms with Gasteiger partial charge in [0.05, 0.1) is 16.5 Å². The lowest BCUT2D eigenvalue weighted by molar-refractivity contribution is -0.384. The van der Waals surface area contributed by atoms with Crippen molar-refractivity contribution in [2.45, 2.75) is 26.5 Å². The van der Waals surface area contributed by atoms with Gasteiger partial charge in [-0.05, 0) is 37.6 Å². The van der Waals surface area contributed by atoms with Gasteiger partial charge in [-0.1, -0.05) is 12.1 Å². The summed E-state index contributed by atoms with van der Waals surface area (Å²) in [4.78, 5) is 46.6. The van der Waals surface area contributed by atoms with Gasteiger partial charge < -0.3 is 14.5 Å². The molecule has 1 aromatic heterocycles. The smallest absolute Gasteiger partial charge is 0.420 e. The lowest BCUT2D eigenvalue weighted by Crippen LogP contribution is -2.32. The Morgan fingerprint density at radius 1 is 1.28 bits per heavy atom. The van der Waals surface area contributed by atoms with Crippen molar-refractivity contribution in [3.8, 4) is 0 Å². The first kappa shape index (κ1) is 19.8. The molecule has 1 N–H and O–H groups in total. The number of oxazole rings is 1. The fourth-order valence-electron chi connectivity index (χ4n) is 2.70. The fraction of sp³-hybridized carbons (Fsp3) is 0.211. The molecule has 1 heterocycles. The number of hydrogen-bond acceptors (Lipinski definition) is 7. The number of nitrogens with one attached hydrogen (secondary N) is 1. The largest absolute Gasteiger partial charge is 0.451 e. The van der Waals surface area contributed by atoms with Gasteiger partial charge >= 0.3 is 11.7 Å². The number of ether oxygens (including phenoxy) is 1. The molecule has 0 aliphatic rings. The zero-order valence-electron chi connectivity index (χ0n) is 15.6. The standard InChI is InChI=1S/C19H17N3O7/c1-11-4-3-5-13(8-11)20-18(24)12(2)28-17(23)10-21-15-7-6-14(22(26)27)9-16(15)29-19(21)25/h3-9,12H,10H2,1-2H3,(H,20,24). The number of amides is 1. The van der Waals surface area contributed by atoms with Crippen molar-refractivity contribution in [2.75, 3.05) is 5.32 Å². The van der Waals surface area contributed by atoms with Crippen molar-refractivity contribution < 1.29 is 23.7 Å². The number of anilines is 1. The molecular weight excluding hydrogens is 382 g/mol. The molecule has 10 nitrogen and oxygen atoms in total. The van der Waals surface area contributed by atoms with Gasteiger partial charge in [-0.3, -0.25) is 24.3 Å². The molecule has 29 heavy (non-hydrogen) atoms. The maximum absolute atomic E-state index is 12.2. The zero-order valence-corrected chi connectivity index (χ0v) is 15.6. The van der Waals surface area contributed by atoms with Gasteiger partial charge in [0.15, 0.2) is 11.7 Å². The molecule has 0 radical (unpaired) electrons. The number of non-ortho nitro benzene ring substituents is 1. The monoisotopic (exact) mass is 399 g/mol. The van der Waals surface area contributed by atoms with E-state index in [-0.39, 0.29) is 16.8 Å². The number of rotatable bonds is 6. The molecule has 10 heteroatoms. The molecule has 3 rings (SSSR count). The second-order valence-electron chi connectivity index (χ2n) is 6.35. The number of fused-ring (bicyclic) bond motifs is 1. The van der Waals surface area contributed by atoms with Crippen LogP contribution in [0.15, 0.2) is 51.7 Å². The fourth-order valence-corrected chi connectivity index (χ4v) is 2.70. The molecule has 0 bridgehead atoms. The summed E-state index contributed by atoms with van der Waals surface area (Å²) in [6.45, 7) is 2.77. The highest BCUT2D eigenvalue weighted by molar-refractivity contribution is 5.95. The van der Waals surface area contributed by atoms with Crippen LogP contribution in [-0.4, -0.2) is 27.5 Å². The molecule has 0 spiro atoms. The van der Waals surface area contributed by atoms with Crippen LogP contribution in [-0.2, 0) is 20.9 Å². The van der Waals surface area contributed by atoms with Crippen LogP contribution in [0, 0.1) is 17.0 Å². The highest BCUT2D eigenvalue weighted by Crippen LogP contribution is 2.20. The SMILES string of the molecule is Cc1cccc(NC(=O)C(C)OC(=O)Cn2c(=O)oc3cc([N+](=O)[O-])ccc32)c1. The number of nitro groups is 1. The first-order chi connectivity index (χ1) is 13.7. The van der Waals surface area contributed by atoms with E-state index >= 15 is 0 Å². The first-order valence-corrected chi connectivity index (χ1v) is 8.59.